The second-order valence-corrected chi connectivity index (χ2v) is 6.73. The topological polar surface area (TPSA) is 58.4 Å². The Hall–Kier alpha value is -2.67. The zero-order chi connectivity index (χ0) is 19.6. The van der Waals surface area contributed by atoms with Crippen molar-refractivity contribution in [3.8, 4) is 0 Å². The summed E-state index contributed by atoms with van der Waals surface area (Å²) in [5.41, 5.74) is 1.78. The van der Waals surface area contributed by atoms with Gasteiger partial charge in [0.05, 0.1) is 5.69 Å². The summed E-state index contributed by atoms with van der Waals surface area (Å²) in [5.74, 6) is -0.814. The first-order valence-electron chi connectivity index (χ1n) is 8.57. The van der Waals surface area contributed by atoms with Gasteiger partial charge in [0, 0.05) is 50.4 Å². The summed E-state index contributed by atoms with van der Waals surface area (Å²) in [5, 5.41) is 4.68. The number of aromatic nitrogens is 2. The van der Waals surface area contributed by atoms with Gasteiger partial charge in [0.15, 0.2) is 0 Å². The van der Waals surface area contributed by atoms with Crippen LogP contribution in [0.4, 0.5) is 4.39 Å². The second-order valence-electron chi connectivity index (χ2n) is 6.37. The summed E-state index contributed by atoms with van der Waals surface area (Å²) in [6, 6.07) is 5.63. The molecule has 1 aromatic carbocycles. The Kier molecular flexibility index (Phi) is 5.60. The van der Waals surface area contributed by atoms with Crippen molar-refractivity contribution in [3.63, 3.8) is 0 Å². The van der Waals surface area contributed by atoms with Gasteiger partial charge in [-0.1, -0.05) is 17.7 Å². The number of hydrogen-bond acceptors (Lipinski definition) is 3. The number of amides is 2. The SMILES string of the molecule is Cc1nn(C)c(Cl)c1/C=C/C(=O)N1CCN(C(=O)c2cccc(F)c2)CC1. The molecule has 0 spiro atoms. The number of hydrogen-bond donors (Lipinski definition) is 0. The van der Waals surface area contributed by atoms with Gasteiger partial charge in [-0.3, -0.25) is 14.3 Å². The van der Waals surface area contributed by atoms with Crippen LogP contribution in [-0.2, 0) is 11.8 Å². The van der Waals surface area contributed by atoms with Gasteiger partial charge in [-0.25, -0.2) is 4.39 Å². The van der Waals surface area contributed by atoms with Crippen molar-refractivity contribution < 1.29 is 14.0 Å². The number of nitrogens with zero attached hydrogens (tertiary/aromatic N) is 4. The van der Waals surface area contributed by atoms with Crippen molar-refractivity contribution in [1.29, 1.82) is 0 Å². The van der Waals surface area contributed by atoms with Crippen LogP contribution in [0.1, 0.15) is 21.6 Å². The lowest BCUT2D eigenvalue weighted by Gasteiger charge is -2.34. The van der Waals surface area contributed by atoms with Crippen LogP contribution >= 0.6 is 11.6 Å². The fourth-order valence-corrected chi connectivity index (χ4v) is 3.27. The van der Waals surface area contributed by atoms with Gasteiger partial charge in [-0.15, -0.1) is 0 Å². The maximum Gasteiger partial charge on any atom is 0.254 e. The molecular weight excluding hydrogens is 371 g/mol. The van der Waals surface area contributed by atoms with E-state index in [4.69, 9.17) is 11.6 Å². The first-order chi connectivity index (χ1) is 12.9. The van der Waals surface area contributed by atoms with Crippen LogP contribution in [0.5, 0.6) is 0 Å². The van der Waals surface area contributed by atoms with Gasteiger partial charge >= 0.3 is 0 Å². The smallest absolute Gasteiger partial charge is 0.254 e. The number of halogens is 2. The van der Waals surface area contributed by atoms with E-state index in [9.17, 15) is 14.0 Å². The van der Waals surface area contributed by atoms with Gasteiger partial charge < -0.3 is 9.80 Å². The van der Waals surface area contributed by atoms with Crippen LogP contribution < -0.4 is 0 Å². The molecule has 1 saturated heterocycles. The Morgan fingerprint density at radius 2 is 1.85 bits per heavy atom. The molecular formula is C19H20ClFN4O2. The highest BCUT2D eigenvalue weighted by atomic mass is 35.5. The Morgan fingerprint density at radius 1 is 1.19 bits per heavy atom. The molecule has 1 aromatic heterocycles. The van der Waals surface area contributed by atoms with Gasteiger partial charge in [0.1, 0.15) is 11.0 Å². The molecule has 0 saturated carbocycles. The van der Waals surface area contributed by atoms with Crippen LogP contribution in [0, 0.1) is 12.7 Å². The summed E-state index contributed by atoms with van der Waals surface area (Å²) < 4.78 is 14.9. The van der Waals surface area contributed by atoms with Crippen molar-refractivity contribution in [3.05, 3.63) is 58.1 Å². The van der Waals surface area contributed by atoms with Crippen LogP contribution in [0.15, 0.2) is 30.3 Å². The van der Waals surface area contributed by atoms with Crippen LogP contribution in [0.25, 0.3) is 6.08 Å². The molecule has 0 atom stereocenters. The molecule has 0 radical (unpaired) electrons. The standard InChI is InChI=1S/C19H20ClFN4O2/c1-13-16(18(20)23(2)22-13)6-7-17(26)24-8-10-25(11-9-24)19(27)14-4-3-5-15(21)12-14/h3-7,12H,8-11H2,1-2H3/b7-6+. The minimum atomic E-state index is -0.441. The molecule has 0 N–H and O–H groups in total. The van der Waals surface area contributed by atoms with E-state index >= 15 is 0 Å². The van der Waals surface area contributed by atoms with E-state index in [0.29, 0.717) is 42.5 Å². The molecule has 0 aliphatic carbocycles. The summed E-state index contributed by atoms with van der Waals surface area (Å²) in [6.45, 7) is 3.48. The highest BCUT2D eigenvalue weighted by Gasteiger charge is 2.24. The maximum absolute atomic E-state index is 13.3. The largest absolute Gasteiger partial charge is 0.336 e. The molecule has 2 heterocycles. The summed E-state index contributed by atoms with van der Waals surface area (Å²) in [4.78, 5) is 28.1. The molecule has 1 aliphatic heterocycles. The Balaban J connectivity index is 1.59. The first kappa shape index (κ1) is 19.1. The molecule has 0 bridgehead atoms. The average molecular weight is 391 g/mol. The van der Waals surface area contributed by atoms with Crippen LogP contribution in [0.3, 0.4) is 0 Å². The number of carbonyl (C=O) groups excluding carboxylic acids is 2. The zero-order valence-corrected chi connectivity index (χ0v) is 15.9. The Bertz CT molecular complexity index is 901. The number of carbonyl (C=O) groups is 2. The fraction of sp³-hybridized carbons (Fsp3) is 0.316. The van der Waals surface area contributed by atoms with Crippen molar-refractivity contribution in [2.45, 2.75) is 6.92 Å². The molecule has 27 heavy (non-hydrogen) atoms. The Morgan fingerprint density at radius 3 is 2.44 bits per heavy atom. The van der Waals surface area contributed by atoms with Gasteiger partial charge in [-0.05, 0) is 31.2 Å². The lowest BCUT2D eigenvalue weighted by molar-refractivity contribution is -0.127. The normalized spacial score (nSPS) is 14.8. The average Bonchev–Trinajstić information content (AvgIpc) is 2.91. The predicted molar refractivity (Wildman–Crippen MR) is 101 cm³/mol. The lowest BCUT2D eigenvalue weighted by atomic mass is 10.1. The quantitative estimate of drug-likeness (QED) is 0.757. The van der Waals surface area contributed by atoms with Gasteiger partial charge in [0.2, 0.25) is 5.91 Å². The third-order valence-electron chi connectivity index (χ3n) is 4.54. The maximum atomic E-state index is 13.3. The van der Waals surface area contributed by atoms with Crippen molar-refractivity contribution in [2.24, 2.45) is 7.05 Å². The van der Waals surface area contributed by atoms with E-state index in [1.807, 2.05) is 6.92 Å². The van der Waals surface area contributed by atoms with Gasteiger partial charge in [-0.2, -0.15) is 5.10 Å². The lowest BCUT2D eigenvalue weighted by Crippen LogP contribution is -2.50. The molecule has 142 valence electrons. The molecule has 1 aliphatic rings. The third-order valence-corrected chi connectivity index (χ3v) is 4.99. The molecule has 0 unspecified atom stereocenters. The summed E-state index contributed by atoms with van der Waals surface area (Å²) >= 11 is 6.16. The van der Waals surface area contributed by atoms with Crippen LogP contribution in [0.2, 0.25) is 5.15 Å². The van der Waals surface area contributed by atoms with E-state index in [1.165, 1.54) is 24.3 Å². The molecule has 2 amide bonds. The van der Waals surface area contributed by atoms with Crippen molar-refractivity contribution >= 4 is 29.5 Å². The second kappa shape index (κ2) is 7.92. The van der Waals surface area contributed by atoms with E-state index in [2.05, 4.69) is 5.10 Å². The highest BCUT2D eigenvalue weighted by molar-refractivity contribution is 6.31. The highest BCUT2D eigenvalue weighted by Crippen LogP contribution is 2.20. The molecule has 3 rings (SSSR count). The van der Waals surface area contributed by atoms with E-state index in [1.54, 1.807) is 33.7 Å². The molecule has 1 fully saturated rings. The molecule has 2 aromatic rings. The number of piperazine rings is 1. The first-order valence-corrected chi connectivity index (χ1v) is 8.95. The Labute approximate surface area is 161 Å². The van der Waals surface area contributed by atoms with E-state index < -0.39 is 5.82 Å². The molecule has 8 heteroatoms. The predicted octanol–water partition coefficient (Wildman–Crippen LogP) is 2.52. The molecule has 6 nitrogen and oxygen atoms in total. The zero-order valence-electron chi connectivity index (χ0n) is 15.2. The fourth-order valence-electron chi connectivity index (χ4n) is 3.03. The van der Waals surface area contributed by atoms with E-state index in [0.717, 1.165) is 5.69 Å². The minimum absolute atomic E-state index is 0.146. The minimum Gasteiger partial charge on any atom is -0.336 e. The van der Waals surface area contributed by atoms with Crippen LogP contribution in [-0.4, -0.2) is 57.6 Å². The van der Waals surface area contributed by atoms with Crippen molar-refractivity contribution in [2.75, 3.05) is 26.2 Å². The summed E-state index contributed by atoms with van der Waals surface area (Å²) in [6.07, 6.45) is 3.14. The monoisotopic (exact) mass is 390 g/mol. The third kappa shape index (κ3) is 4.19. The van der Waals surface area contributed by atoms with E-state index in [-0.39, 0.29) is 11.8 Å². The van der Waals surface area contributed by atoms with Crippen molar-refractivity contribution in [1.82, 2.24) is 19.6 Å². The number of rotatable bonds is 3. The number of aryl methyl sites for hydroxylation is 2. The van der Waals surface area contributed by atoms with Gasteiger partial charge in [0.25, 0.3) is 5.91 Å². The number of benzene rings is 1. The summed E-state index contributed by atoms with van der Waals surface area (Å²) in [7, 11) is 1.74.